The van der Waals surface area contributed by atoms with Gasteiger partial charge < -0.3 is 5.32 Å². The molecule has 0 aliphatic carbocycles. The van der Waals surface area contributed by atoms with Crippen molar-refractivity contribution in [3.8, 4) is 11.1 Å². The molecule has 0 unspecified atom stereocenters. The minimum Gasteiger partial charge on any atom is -0.385 e. The molecule has 4 rings (SSSR count). The summed E-state index contributed by atoms with van der Waals surface area (Å²) in [6, 6.07) is 19.4. The van der Waals surface area contributed by atoms with Crippen LogP contribution in [0.1, 0.15) is 32.1 Å². The van der Waals surface area contributed by atoms with Crippen LogP contribution in [0.2, 0.25) is 0 Å². The second kappa shape index (κ2) is 6.37. The molecule has 2 aliphatic heterocycles. The Bertz CT molecular complexity index is 640. The number of hydrogen-bond donors (Lipinski definition) is 1. The smallest absolute Gasteiger partial charge is 0.0346 e. The Kier molecular flexibility index (Phi) is 4.09. The lowest BCUT2D eigenvalue weighted by Gasteiger charge is -2.32. The first kappa shape index (κ1) is 14.8. The summed E-state index contributed by atoms with van der Waals surface area (Å²) in [6.45, 7) is 3.72. The van der Waals surface area contributed by atoms with Gasteiger partial charge in [0.1, 0.15) is 0 Å². The van der Waals surface area contributed by atoms with Gasteiger partial charge in [0, 0.05) is 17.8 Å². The van der Waals surface area contributed by atoms with Gasteiger partial charge in [-0.15, -0.1) is 0 Å². The zero-order valence-electron chi connectivity index (χ0n) is 13.8. The van der Waals surface area contributed by atoms with Gasteiger partial charge in [0.25, 0.3) is 0 Å². The molecule has 2 fully saturated rings. The van der Waals surface area contributed by atoms with Crippen LogP contribution in [-0.2, 0) is 0 Å². The van der Waals surface area contributed by atoms with Crippen molar-refractivity contribution in [1.82, 2.24) is 4.90 Å². The number of nitrogens with one attached hydrogen (secondary N) is 1. The van der Waals surface area contributed by atoms with Gasteiger partial charge in [0.05, 0.1) is 0 Å². The van der Waals surface area contributed by atoms with Gasteiger partial charge in [-0.25, -0.2) is 0 Å². The summed E-state index contributed by atoms with van der Waals surface area (Å²) < 4.78 is 0. The molecule has 0 saturated carbocycles. The molecule has 2 aliphatic rings. The van der Waals surface area contributed by atoms with Gasteiger partial charge in [0.15, 0.2) is 0 Å². The third kappa shape index (κ3) is 3.00. The van der Waals surface area contributed by atoms with Gasteiger partial charge >= 0.3 is 0 Å². The SMILES string of the molecule is c1ccc(-c2cccc(NCCC34CCCN3CCC4)c2)cc1. The van der Waals surface area contributed by atoms with Crippen LogP contribution >= 0.6 is 0 Å². The molecule has 120 valence electrons. The van der Waals surface area contributed by atoms with Gasteiger partial charge in [-0.1, -0.05) is 42.5 Å². The Hall–Kier alpha value is -1.80. The first-order valence-corrected chi connectivity index (χ1v) is 9.00. The second-order valence-electron chi connectivity index (χ2n) is 7.04. The van der Waals surface area contributed by atoms with E-state index >= 15 is 0 Å². The Balaban J connectivity index is 1.40. The molecule has 0 aromatic heterocycles. The molecule has 2 heterocycles. The monoisotopic (exact) mass is 306 g/mol. The molecule has 2 nitrogen and oxygen atoms in total. The predicted octanol–water partition coefficient (Wildman–Crippen LogP) is 4.78. The number of benzene rings is 2. The predicted molar refractivity (Wildman–Crippen MR) is 97.8 cm³/mol. The Morgan fingerprint density at radius 2 is 1.61 bits per heavy atom. The average Bonchev–Trinajstić information content (AvgIpc) is 3.16. The number of hydrogen-bond acceptors (Lipinski definition) is 2. The van der Waals surface area contributed by atoms with E-state index in [1.165, 1.54) is 62.0 Å². The molecule has 0 bridgehead atoms. The third-order valence-corrected chi connectivity index (χ3v) is 5.70. The molecule has 0 radical (unpaired) electrons. The molecule has 0 atom stereocenters. The first-order valence-electron chi connectivity index (χ1n) is 9.00. The molecule has 0 amide bonds. The lowest BCUT2D eigenvalue weighted by atomic mass is 9.90. The van der Waals surface area contributed by atoms with Crippen LogP contribution in [0.25, 0.3) is 11.1 Å². The fraction of sp³-hybridized carbons (Fsp3) is 0.429. The van der Waals surface area contributed by atoms with E-state index in [9.17, 15) is 0 Å². The van der Waals surface area contributed by atoms with Crippen molar-refractivity contribution >= 4 is 5.69 Å². The lowest BCUT2D eigenvalue weighted by Crippen LogP contribution is -2.39. The second-order valence-corrected chi connectivity index (χ2v) is 7.04. The standard InChI is InChI=1S/C21H26N2/c1-2-7-18(8-3-1)19-9-4-10-20(17-19)22-14-13-21-11-5-15-23(21)16-6-12-21/h1-4,7-10,17,22H,5-6,11-16H2. The molecule has 2 saturated heterocycles. The van der Waals surface area contributed by atoms with E-state index in [0.717, 1.165) is 6.54 Å². The quantitative estimate of drug-likeness (QED) is 0.855. The summed E-state index contributed by atoms with van der Waals surface area (Å²) in [5, 5.41) is 3.66. The van der Waals surface area contributed by atoms with Crippen molar-refractivity contribution in [3.05, 3.63) is 54.6 Å². The van der Waals surface area contributed by atoms with Crippen LogP contribution in [-0.4, -0.2) is 30.1 Å². The minimum absolute atomic E-state index is 0.518. The van der Waals surface area contributed by atoms with E-state index in [1.54, 1.807) is 0 Å². The van der Waals surface area contributed by atoms with E-state index in [1.807, 2.05) is 0 Å². The van der Waals surface area contributed by atoms with E-state index in [0.29, 0.717) is 5.54 Å². The average molecular weight is 306 g/mol. The minimum atomic E-state index is 0.518. The van der Waals surface area contributed by atoms with E-state index < -0.39 is 0 Å². The molecule has 2 aromatic rings. The number of fused-ring (bicyclic) bond motifs is 1. The normalized spacial score (nSPS) is 19.7. The maximum absolute atomic E-state index is 3.66. The van der Waals surface area contributed by atoms with Gasteiger partial charge in [-0.2, -0.15) is 0 Å². The van der Waals surface area contributed by atoms with Gasteiger partial charge in [-0.3, -0.25) is 4.90 Å². The molecule has 1 N–H and O–H groups in total. The summed E-state index contributed by atoms with van der Waals surface area (Å²) in [5.41, 5.74) is 4.33. The topological polar surface area (TPSA) is 15.3 Å². The van der Waals surface area contributed by atoms with Crippen LogP contribution in [0.5, 0.6) is 0 Å². The zero-order valence-corrected chi connectivity index (χ0v) is 13.8. The number of rotatable bonds is 5. The van der Waals surface area contributed by atoms with Crippen LogP contribution in [0, 0.1) is 0 Å². The fourth-order valence-corrected chi connectivity index (χ4v) is 4.51. The van der Waals surface area contributed by atoms with Crippen LogP contribution in [0.4, 0.5) is 5.69 Å². The Morgan fingerprint density at radius 3 is 2.39 bits per heavy atom. The molecule has 2 heteroatoms. The van der Waals surface area contributed by atoms with E-state index in [4.69, 9.17) is 0 Å². The van der Waals surface area contributed by atoms with Gasteiger partial charge in [-0.05, 0) is 68.5 Å². The Labute approximate surface area is 139 Å². The number of anilines is 1. The molecule has 23 heavy (non-hydrogen) atoms. The van der Waals surface area contributed by atoms with Crippen LogP contribution in [0.3, 0.4) is 0 Å². The summed E-state index contributed by atoms with van der Waals surface area (Å²) in [6.07, 6.45) is 6.87. The highest BCUT2D eigenvalue weighted by Gasteiger charge is 2.43. The molecular formula is C21H26N2. The van der Waals surface area contributed by atoms with Crippen molar-refractivity contribution in [3.63, 3.8) is 0 Å². The van der Waals surface area contributed by atoms with Crippen molar-refractivity contribution in [2.24, 2.45) is 0 Å². The maximum Gasteiger partial charge on any atom is 0.0346 e. The van der Waals surface area contributed by atoms with Gasteiger partial charge in [0.2, 0.25) is 0 Å². The Morgan fingerprint density at radius 1 is 0.870 bits per heavy atom. The molecule has 0 spiro atoms. The van der Waals surface area contributed by atoms with Crippen LogP contribution in [0.15, 0.2) is 54.6 Å². The lowest BCUT2D eigenvalue weighted by molar-refractivity contribution is 0.187. The third-order valence-electron chi connectivity index (χ3n) is 5.70. The molecule has 2 aromatic carbocycles. The summed E-state index contributed by atoms with van der Waals surface area (Å²) in [5.74, 6) is 0. The first-order chi connectivity index (χ1) is 11.4. The maximum atomic E-state index is 3.66. The van der Waals surface area contributed by atoms with Crippen molar-refractivity contribution < 1.29 is 0 Å². The highest BCUT2D eigenvalue weighted by molar-refractivity contribution is 5.67. The summed E-state index contributed by atoms with van der Waals surface area (Å²) in [7, 11) is 0. The zero-order chi connectivity index (χ0) is 15.5. The van der Waals surface area contributed by atoms with Crippen molar-refractivity contribution in [2.75, 3.05) is 25.0 Å². The van der Waals surface area contributed by atoms with E-state index in [-0.39, 0.29) is 0 Å². The highest BCUT2D eigenvalue weighted by Crippen LogP contribution is 2.41. The summed E-state index contributed by atoms with van der Waals surface area (Å²) in [4.78, 5) is 2.75. The van der Waals surface area contributed by atoms with Crippen molar-refractivity contribution in [2.45, 2.75) is 37.6 Å². The van der Waals surface area contributed by atoms with E-state index in [2.05, 4.69) is 64.8 Å². The van der Waals surface area contributed by atoms with Crippen molar-refractivity contribution in [1.29, 1.82) is 0 Å². The molecular weight excluding hydrogens is 280 g/mol. The fourth-order valence-electron chi connectivity index (χ4n) is 4.51. The van der Waals surface area contributed by atoms with Crippen LogP contribution < -0.4 is 5.32 Å². The number of nitrogens with zero attached hydrogens (tertiary/aromatic N) is 1. The largest absolute Gasteiger partial charge is 0.385 e. The highest BCUT2D eigenvalue weighted by atomic mass is 15.2. The summed E-state index contributed by atoms with van der Waals surface area (Å²) >= 11 is 0.